The molecule has 1 nitrogen and oxygen atoms in total. The van der Waals surface area contributed by atoms with Crippen LogP contribution in [0.5, 0.6) is 0 Å². The first-order valence-corrected chi connectivity index (χ1v) is 6.57. The fourth-order valence-electron chi connectivity index (χ4n) is 4.18. The number of nitrogens with one attached hydrogen (secondary N) is 1. The highest BCUT2D eigenvalue weighted by molar-refractivity contribution is 5.43. The van der Waals surface area contributed by atoms with Crippen molar-refractivity contribution in [2.24, 2.45) is 11.3 Å². The number of hydrogen-bond donors (Lipinski definition) is 1. The van der Waals surface area contributed by atoms with Crippen LogP contribution >= 0.6 is 0 Å². The fraction of sp³-hybridized carbons (Fsp3) is 0.600. The molecule has 1 fully saturated rings. The van der Waals surface area contributed by atoms with E-state index < -0.39 is 0 Å². The smallest absolute Gasteiger partial charge is 0.123 e. The molecule has 1 saturated carbocycles. The fourth-order valence-corrected chi connectivity index (χ4v) is 4.18. The molecule has 0 aliphatic heterocycles. The van der Waals surface area contributed by atoms with Gasteiger partial charge in [-0.25, -0.2) is 4.39 Å². The molecule has 2 heteroatoms. The normalized spacial score (nSPS) is 32.8. The first kappa shape index (κ1) is 11.2. The second kappa shape index (κ2) is 3.55. The summed E-state index contributed by atoms with van der Waals surface area (Å²) >= 11 is 0. The van der Waals surface area contributed by atoms with Gasteiger partial charge in [0.25, 0.3) is 0 Å². The summed E-state index contributed by atoms with van der Waals surface area (Å²) in [6, 6.07) is 5.91. The largest absolute Gasteiger partial charge is 0.313 e. The highest BCUT2D eigenvalue weighted by atomic mass is 19.1. The Hall–Kier alpha value is -0.890. The number of fused-ring (bicyclic) bond motifs is 3. The van der Waals surface area contributed by atoms with Gasteiger partial charge in [0.05, 0.1) is 0 Å². The summed E-state index contributed by atoms with van der Waals surface area (Å²) < 4.78 is 13.3. The predicted molar refractivity (Wildman–Crippen MR) is 67.6 cm³/mol. The molecule has 3 unspecified atom stereocenters. The average molecular weight is 233 g/mol. The van der Waals surface area contributed by atoms with E-state index in [-0.39, 0.29) is 5.82 Å². The zero-order valence-corrected chi connectivity index (χ0v) is 10.8. The molecular weight excluding hydrogens is 213 g/mol. The third kappa shape index (κ3) is 1.40. The van der Waals surface area contributed by atoms with E-state index in [2.05, 4.69) is 26.1 Å². The average Bonchev–Trinajstić information content (AvgIpc) is 2.61. The van der Waals surface area contributed by atoms with Crippen LogP contribution < -0.4 is 5.32 Å². The second-order valence-corrected chi connectivity index (χ2v) is 6.05. The lowest BCUT2D eigenvalue weighted by molar-refractivity contribution is 0.00294. The molecule has 0 amide bonds. The van der Waals surface area contributed by atoms with Crippen molar-refractivity contribution >= 4 is 0 Å². The van der Waals surface area contributed by atoms with Gasteiger partial charge >= 0.3 is 0 Å². The quantitative estimate of drug-likeness (QED) is 0.827. The van der Waals surface area contributed by atoms with Crippen LogP contribution in [-0.2, 0) is 6.42 Å². The second-order valence-electron chi connectivity index (χ2n) is 6.05. The number of rotatable bonds is 2. The molecule has 17 heavy (non-hydrogen) atoms. The monoisotopic (exact) mass is 233 g/mol. The number of hydrogen-bond acceptors (Lipinski definition) is 1. The van der Waals surface area contributed by atoms with Crippen molar-refractivity contribution in [1.82, 2.24) is 5.32 Å². The van der Waals surface area contributed by atoms with Crippen LogP contribution in [0.2, 0.25) is 0 Å². The molecule has 3 atom stereocenters. The van der Waals surface area contributed by atoms with Crippen LogP contribution in [0.4, 0.5) is 4.39 Å². The summed E-state index contributed by atoms with van der Waals surface area (Å²) in [5.74, 6) is 1.19. The van der Waals surface area contributed by atoms with Crippen molar-refractivity contribution in [2.45, 2.75) is 39.2 Å². The zero-order chi connectivity index (χ0) is 12.2. The maximum Gasteiger partial charge on any atom is 0.123 e. The molecule has 0 spiro atoms. The van der Waals surface area contributed by atoms with E-state index in [0.29, 0.717) is 23.3 Å². The van der Waals surface area contributed by atoms with E-state index >= 15 is 0 Å². The summed E-state index contributed by atoms with van der Waals surface area (Å²) in [4.78, 5) is 0. The Bertz CT molecular complexity index is 452. The first-order chi connectivity index (χ1) is 8.05. The Kier molecular flexibility index (Phi) is 2.34. The van der Waals surface area contributed by atoms with Crippen molar-refractivity contribution in [3.05, 3.63) is 35.1 Å². The van der Waals surface area contributed by atoms with Gasteiger partial charge in [0.15, 0.2) is 0 Å². The standard InChI is InChI=1S/C15H20FN/c1-4-17-14-12-8-9-7-10(16)5-6-11(9)13(12)15(14,2)3/h5-7,12-14,17H,4,8H2,1-3H3. The topological polar surface area (TPSA) is 12.0 Å². The van der Waals surface area contributed by atoms with E-state index in [1.54, 1.807) is 12.1 Å². The summed E-state index contributed by atoms with van der Waals surface area (Å²) in [5.41, 5.74) is 2.91. The minimum atomic E-state index is -0.0946. The van der Waals surface area contributed by atoms with Crippen molar-refractivity contribution in [3.63, 3.8) is 0 Å². The van der Waals surface area contributed by atoms with Crippen LogP contribution in [-0.4, -0.2) is 12.6 Å². The third-order valence-corrected chi connectivity index (χ3v) is 4.78. The summed E-state index contributed by atoms with van der Waals surface area (Å²) in [6.45, 7) is 7.84. The minimum absolute atomic E-state index is 0.0946. The Morgan fingerprint density at radius 2 is 2.18 bits per heavy atom. The minimum Gasteiger partial charge on any atom is -0.313 e. The van der Waals surface area contributed by atoms with Gasteiger partial charge in [-0.15, -0.1) is 0 Å². The molecule has 0 heterocycles. The summed E-state index contributed by atoms with van der Waals surface area (Å²) in [6.07, 6.45) is 1.04. The maximum atomic E-state index is 13.3. The highest BCUT2D eigenvalue weighted by Gasteiger charge is 2.59. The molecule has 1 aromatic carbocycles. The molecule has 0 bridgehead atoms. The van der Waals surface area contributed by atoms with E-state index in [4.69, 9.17) is 0 Å². The molecule has 1 aromatic rings. The molecule has 0 radical (unpaired) electrons. The van der Waals surface area contributed by atoms with Gasteiger partial charge in [-0.2, -0.15) is 0 Å². The molecule has 2 aliphatic carbocycles. The van der Waals surface area contributed by atoms with Gasteiger partial charge in [0.2, 0.25) is 0 Å². The lowest BCUT2D eigenvalue weighted by Crippen LogP contribution is -2.61. The summed E-state index contributed by atoms with van der Waals surface area (Å²) in [7, 11) is 0. The van der Waals surface area contributed by atoms with Gasteiger partial charge in [0, 0.05) is 6.04 Å². The lowest BCUT2D eigenvalue weighted by atomic mass is 9.52. The molecule has 0 saturated heterocycles. The SMILES string of the molecule is CCNC1C2Cc3cc(F)ccc3C2C1(C)C. The van der Waals surface area contributed by atoms with E-state index in [1.807, 2.05) is 6.07 Å². The van der Waals surface area contributed by atoms with Crippen LogP contribution in [0.1, 0.15) is 37.8 Å². The maximum absolute atomic E-state index is 13.3. The molecule has 1 N–H and O–H groups in total. The Labute approximate surface area is 102 Å². The molecule has 2 aliphatic rings. The van der Waals surface area contributed by atoms with Crippen LogP contribution in [0, 0.1) is 17.2 Å². The highest BCUT2D eigenvalue weighted by Crippen LogP contribution is 2.61. The molecule has 0 aromatic heterocycles. The van der Waals surface area contributed by atoms with Crippen molar-refractivity contribution in [1.29, 1.82) is 0 Å². The van der Waals surface area contributed by atoms with Crippen molar-refractivity contribution in [3.8, 4) is 0 Å². The predicted octanol–water partition coefficient (Wildman–Crippen LogP) is 3.10. The van der Waals surface area contributed by atoms with Crippen LogP contribution in [0.3, 0.4) is 0 Å². The molecular formula is C15H20FN. The van der Waals surface area contributed by atoms with Gasteiger partial charge in [-0.3, -0.25) is 0 Å². The van der Waals surface area contributed by atoms with E-state index in [9.17, 15) is 4.39 Å². The van der Waals surface area contributed by atoms with Gasteiger partial charge < -0.3 is 5.32 Å². The Morgan fingerprint density at radius 1 is 1.41 bits per heavy atom. The van der Waals surface area contributed by atoms with Crippen molar-refractivity contribution < 1.29 is 4.39 Å². The number of halogens is 1. The van der Waals surface area contributed by atoms with E-state index in [0.717, 1.165) is 13.0 Å². The van der Waals surface area contributed by atoms with Crippen molar-refractivity contribution in [2.75, 3.05) is 6.54 Å². The summed E-state index contributed by atoms with van der Waals surface area (Å²) in [5, 5.41) is 3.60. The number of benzene rings is 1. The van der Waals surface area contributed by atoms with Gasteiger partial charge in [-0.1, -0.05) is 26.8 Å². The zero-order valence-electron chi connectivity index (χ0n) is 10.8. The van der Waals surface area contributed by atoms with Crippen LogP contribution in [0.15, 0.2) is 18.2 Å². The van der Waals surface area contributed by atoms with Gasteiger partial charge in [0.1, 0.15) is 5.82 Å². The molecule has 3 rings (SSSR count). The Morgan fingerprint density at radius 3 is 2.88 bits per heavy atom. The third-order valence-electron chi connectivity index (χ3n) is 4.78. The Balaban J connectivity index is 1.96. The van der Waals surface area contributed by atoms with E-state index in [1.165, 1.54) is 11.1 Å². The van der Waals surface area contributed by atoms with Gasteiger partial charge in [-0.05, 0) is 53.5 Å². The molecule has 92 valence electrons. The first-order valence-electron chi connectivity index (χ1n) is 6.57. The lowest BCUT2D eigenvalue weighted by Gasteiger charge is -2.56. The van der Waals surface area contributed by atoms with Crippen LogP contribution in [0.25, 0.3) is 0 Å².